The zero-order chi connectivity index (χ0) is 19.1. The number of halogens is 2. The fraction of sp³-hybridized carbons (Fsp3) is 0.263. The predicted octanol–water partition coefficient (Wildman–Crippen LogP) is 3.14. The SMILES string of the molecule is CN=C(NCCc1noc(-c2ccccn2)n1)N(C)Cc1ccc(F)cc1.I. The molecule has 0 aliphatic carbocycles. The zero-order valence-corrected chi connectivity index (χ0v) is 18.0. The highest BCUT2D eigenvalue weighted by Crippen LogP contribution is 2.13. The largest absolute Gasteiger partial charge is 0.356 e. The second-order valence-corrected chi connectivity index (χ2v) is 5.94. The van der Waals surface area contributed by atoms with Crippen molar-refractivity contribution in [2.75, 3.05) is 20.6 Å². The Hall–Kier alpha value is -2.56. The Kier molecular flexibility index (Phi) is 8.30. The van der Waals surface area contributed by atoms with E-state index < -0.39 is 0 Å². The van der Waals surface area contributed by atoms with Gasteiger partial charge in [0.25, 0.3) is 5.89 Å². The molecule has 9 heteroatoms. The van der Waals surface area contributed by atoms with Gasteiger partial charge in [0, 0.05) is 39.8 Å². The molecule has 0 amide bonds. The molecular formula is C19H22FIN6O. The van der Waals surface area contributed by atoms with E-state index in [1.165, 1.54) is 12.1 Å². The molecule has 0 aliphatic heterocycles. The van der Waals surface area contributed by atoms with Gasteiger partial charge < -0.3 is 14.7 Å². The Morgan fingerprint density at radius 1 is 1.21 bits per heavy atom. The molecule has 3 aromatic rings. The number of rotatable bonds is 6. The first-order valence-electron chi connectivity index (χ1n) is 8.56. The Balaban J connectivity index is 0.00000280. The molecule has 1 aromatic carbocycles. The molecule has 2 heterocycles. The van der Waals surface area contributed by atoms with Crippen LogP contribution >= 0.6 is 24.0 Å². The first kappa shape index (κ1) is 21.7. The topological polar surface area (TPSA) is 79.4 Å². The van der Waals surface area contributed by atoms with Crippen LogP contribution in [0, 0.1) is 5.82 Å². The molecule has 0 saturated carbocycles. The van der Waals surface area contributed by atoms with Crippen molar-refractivity contribution in [2.45, 2.75) is 13.0 Å². The van der Waals surface area contributed by atoms with Crippen LogP contribution in [0.25, 0.3) is 11.6 Å². The van der Waals surface area contributed by atoms with Gasteiger partial charge in [0.05, 0.1) is 0 Å². The van der Waals surface area contributed by atoms with Crippen LogP contribution < -0.4 is 5.32 Å². The summed E-state index contributed by atoms with van der Waals surface area (Å²) in [7, 11) is 3.64. The summed E-state index contributed by atoms with van der Waals surface area (Å²) in [5.41, 5.74) is 1.65. The van der Waals surface area contributed by atoms with Crippen molar-refractivity contribution in [2.24, 2.45) is 4.99 Å². The second kappa shape index (κ2) is 10.7. The van der Waals surface area contributed by atoms with Crippen LogP contribution in [0.3, 0.4) is 0 Å². The highest BCUT2D eigenvalue weighted by Gasteiger charge is 2.11. The van der Waals surface area contributed by atoms with Crippen molar-refractivity contribution in [3.8, 4) is 11.6 Å². The fourth-order valence-electron chi connectivity index (χ4n) is 2.56. The lowest BCUT2D eigenvalue weighted by Crippen LogP contribution is -2.39. The molecule has 7 nitrogen and oxygen atoms in total. The summed E-state index contributed by atoms with van der Waals surface area (Å²) < 4.78 is 18.3. The van der Waals surface area contributed by atoms with Gasteiger partial charge in [-0.15, -0.1) is 24.0 Å². The van der Waals surface area contributed by atoms with E-state index in [9.17, 15) is 4.39 Å². The van der Waals surface area contributed by atoms with Gasteiger partial charge in [-0.3, -0.25) is 9.98 Å². The maximum atomic E-state index is 13.0. The van der Waals surface area contributed by atoms with Crippen LogP contribution in [0.15, 0.2) is 58.2 Å². The maximum Gasteiger partial charge on any atom is 0.276 e. The summed E-state index contributed by atoms with van der Waals surface area (Å²) >= 11 is 0. The van der Waals surface area contributed by atoms with Crippen LogP contribution in [0.2, 0.25) is 0 Å². The average molecular weight is 496 g/mol. The number of pyridine rings is 1. The number of hydrogen-bond acceptors (Lipinski definition) is 5. The van der Waals surface area contributed by atoms with Crippen LogP contribution in [0.1, 0.15) is 11.4 Å². The Bertz CT molecular complexity index is 885. The van der Waals surface area contributed by atoms with Crippen molar-refractivity contribution < 1.29 is 8.91 Å². The van der Waals surface area contributed by atoms with Gasteiger partial charge in [-0.05, 0) is 29.8 Å². The molecule has 3 rings (SSSR count). The van der Waals surface area contributed by atoms with Crippen LogP contribution in [-0.2, 0) is 13.0 Å². The number of aromatic nitrogens is 3. The third kappa shape index (κ3) is 5.98. The molecular weight excluding hydrogens is 474 g/mol. The highest BCUT2D eigenvalue weighted by atomic mass is 127. The van der Waals surface area contributed by atoms with Gasteiger partial charge in [-0.2, -0.15) is 4.98 Å². The summed E-state index contributed by atoms with van der Waals surface area (Å²) in [5, 5.41) is 7.24. The van der Waals surface area contributed by atoms with Crippen LogP contribution in [0.5, 0.6) is 0 Å². The van der Waals surface area contributed by atoms with Gasteiger partial charge in [-0.25, -0.2) is 4.39 Å². The zero-order valence-electron chi connectivity index (χ0n) is 15.7. The van der Waals surface area contributed by atoms with E-state index in [-0.39, 0.29) is 29.8 Å². The number of nitrogens with one attached hydrogen (secondary N) is 1. The standard InChI is InChI=1S/C19H21FN6O.HI/c1-21-19(26(2)13-14-6-8-15(20)9-7-14)23-12-10-17-24-18(27-25-17)16-5-3-4-11-22-16;/h3-9,11H,10,12-13H2,1-2H3,(H,21,23);1H. The molecule has 148 valence electrons. The highest BCUT2D eigenvalue weighted by molar-refractivity contribution is 14.0. The molecule has 0 bridgehead atoms. The van der Waals surface area contributed by atoms with Crippen molar-refractivity contribution in [3.63, 3.8) is 0 Å². The molecule has 0 radical (unpaired) electrons. The summed E-state index contributed by atoms with van der Waals surface area (Å²) in [6.07, 6.45) is 2.27. The summed E-state index contributed by atoms with van der Waals surface area (Å²) in [5.74, 6) is 1.49. The minimum Gasteiger partial charge on any atom is -0.356 e. The van der Waals surface area contributed by atoms with Crippen LogP contribution in [0.4, 0.5) is 4.39 Å². The van der Waals surface area contributed by atoms with Crippen molar-refractivity contribution >= 4 is 29.9 Å². The third-order valence-corrected chi connectivity index (χ3v) is 3.89. The van der Waals surface area contributed by atoms with Crippen molar-refractivity contribution in [3.05, 3.63) is 65.9 Å². The quantitative estimate of drug-likeness (QED) is 0.321. The Labute approximate surface area is 180 Å². The molecule has 1 N–H and O–H groups in total. The van der Waals surface area contributed by atoms with Gasteiger partial charge in [0.2, 0.25) is 0 Å². The summed E-state index contributed by atoms with van der Waals surface area (Å²) in [4.78, 5) is 14.8. The van der Waals surface area contributed by atoms with E-state index in [2.05, 4.69) is 25.4 Å². The molecule has 0 aliphatic rings. The van der Waals surface area contributed by atoms with Gasteiger partial charge in [0.15, 0.2) is 11.8 Å². The Morgan fingerprint density at radius 2 is 2.00 bits per heavy atom. The third-order valence-electron chi connectivity index (χ3n) is 3.89. The summed E-state index contributed by atoms with van der Waals surface area (Å²) in [6.45, 7) is 1.22. The maximum absolute atomic E-state index is 13.0. The van der Waals surface area contributed by atoms with Crippen LogP contribution in [-0.4, -0.2) is 46.6 Å². The van der Waals surface area contributed by atoms with Gasteiger partial charge >= 0.3 is 0 Å². The van der Waals surface area contributed by atoms with Gasteiger partial charge in [0.1, 0.15) is 11.5 Å². The molecule has 28 heavy (non-hydrogen) atoms. The monoisotopic (exact) mass is 496 g/mol. The first-order valence-corrected chi connectivity index (χ1v) is 8.56. The normalized spacial score (nSPS) is 11.0. The minimum atomic E-state index is -0.242. The van der Waals surface area contributed by atoms with E-state index in [1.807, 2.05) is 30.1 Å². The lowest BCUT2D eigenvalue weighted by Gasteiger charge is -2.22. The van der Waals surface area contributed by atoms with Gasteiger partial charge in [-0.1, -0.05) is 23.4 Å². The lowest BCUT2D eigenvalue weighted by molar-refractivity contribution is 0.420. The number of nitrogens with zero attached hydrogens (tertiary/aromatic N) is 5. The smallest absolute Gasteiger partial charge is 0.276 e. The summed E-state index contributed by atoms with van der Waals surface area (Å²) in [6, 6.07) is 12.0. The molecule has 0 saturated heterocycles. The van der Waals surface area contributed by atoms with Crippen molar-refractivity contribution in [1.29, 1.82) is 0 Å². The lowest BCUT2D eigenvalue weighted by atomic mass is 10.2. The van der Waals surface area contributed by atoms with E-state index in [0.29, 0.717) is 36.9 Å². The van der Waals surface area contributed by atoms with E-state index in [4.69, 9.17) is 4.52 Å². The molecule has 0 spiro atoms. The number of guanidine groups is 1. The first-order chi connectivity index (χ1) is 13.2. The van der Waals surface area contributed by atoms with E-state index >= 15 is 0 Å². The van der Waals surface area contributed by atoms with E-state index in [0.717, 1.165) is 11.5 Å². The minimum absolute atomic E-state index is 0. The fourth-order valence-corrected chi connectivity index (χ4v) is 2.56. The number of aliphatic imine (C=N–C) groups is 1. The second-order valence-electron chi connectivity index (χ2n) is 5.94. The number of hydrogen-bond donors (Lipinski definition) is 1. The molecule has 0 fully saturated rings. The molecule has 0 unspecified atom stereocenters. The Morgan fingerprint density at radius 3 is 2.68 bits per heavy atom. The predicted molar refractivity (Wildman–Crippen MR) is 116 cm³/mol. The van der Waals surface area contributed by atoms with E-state index in [1.54, 1.807) is 25.4 Å². The molecule has 0 atom stereocenters. The number of benzene rings is 1. The molecule has 2 aromatic heterocycles. The average Bonchev–Trinajstić information content (AvgIpc) is 3.16. The van der Waals surface area contributed by atoms with Crippen molar-refractivity contribution in [1.82, 2.24) is 25.3 Å².